The normalized spacial score (nSPS) is 10.0. The molecule has 0 atom stereocenters. The van der Waals surface area contributed by atoms with Gasteiger partial charge in [0.05, 0.1) is 5.52 Å². The molecule has 0 aliphatic heterocycles. The molecule has 0 aliphatic carbocycles. The summed E-state index contributed by atoms with van der Waals surface area (Å²) in [7, 11) is -0.717. The summed E-state index contributed by atoms with van der Waals surface area (Å²) < 4.78 is 5.10. The van der Waals surface area contributed by atoms with Crippen molar-refractivity contribution in [2.45, 2.75) is 13.1 Å². The summed E-state index contributed by atoms with van der Waals surface area (Å²) in [4.78, 5) is 0. The Kier molecular flexibility index (Phi) is 4.25. The van der Waals surface area contributed by atoms with Gasteiger partial charge >= 0.3 is 0 Å². The minimum Gasteiger partial charge on any atom is -0.411 e. The fourth-order valence-electron chi connectivity index (χ4n) is 0.126. The molecule has 6 heavy (non-hydrogen) atoms. The molecule has 0 saturated heterocycles. The van der Waals surface area contributed by atoms with Crippen LogP contribution in [0.3, 0.4) is 0 Å². The Labute approximate surface area is 48.6 Å². The van der Waals surface area contributed by atoms with Gasteiger partial charge in [0.2, 0.25) is 0 Å². The lowest BCUT2D eigenvalue weighted by atomic mass is 11.8. The van der Waals surface area contributed by atoms with Gasteiger partial charge in [-0.05, 0) is 13.1 Å². The van der Waals surface area contributed by atoms with E-state index in [2.05, 4.69) is 29.0 Å². The molecule has 0 radical (unpaired) electrons. The van der Waals surface area contributed by atoms with E-state index in [0.29, 0.717) is 5.52 Å². The number of hydrogen-bond donors (Lipinski definition) is 0. The molecular weight excluding hydrogens is 160 g/mol. The van der Waals surface area contributed by atoms with Crippen LogP contribution in [0.25, 0.3) is 0 Å². The molecule has 0 aromatic carbocycles. The van der Waals surface area contributed by atoms with Crippen molar-refractivity contribution in [3.05, 3.63) is 0 Å². The van der Waals surface area contributed by atoms with E-state index in [0.717, 1.165) is 0 Å². The molecule has 0 amide bonds. The van der Waals surface area contributed by atoms with Crippen LogP contribution < -0.4 is 0 Å². The maximum atomic E-state index is 5.10. The van der Waals surface area contributed by atoms with E-state index in [4.69, 9.17) is 4.43 Å². The molecule has 3 heteroatoms. The van der Waals surface area contributed by atoms with Gasteiger partial charge in [0.15, 0.2) is 9.04 Å². The van der Waals surface area contributed by atoms with Crippen molar-refractivity contribution in [3.8, 4) is 0 Å². The van der Waals surface area contributed by atoms with Crippen LogP contribution in [0.5, 0.6) is 0 Å². The average Bonchev–Trinajstić information content (AvgIpc) is 1.35. The van der Waals surface area contributed by atoms with Crippen LogP contribution in [0.4, 0.5) is 0 Å². The summed E-state index contributed by atoms with van der Waals surface area (Å²) in [6.07, 6.45) is 0. The average molecular weight is 169 g/mol. The molecule has 0 aromatic rings. The second-order valence-corrected chi connectivity index (χ2v) is 4.21. The first kappa shape index (κ1) is 6.66. The topological polar surface area (TPSA) is 9.23 Å². The quantitative estimate of drug-likeness (QED) is 0.447. The van der Waals surface area contributed by atoms with Crippen molar-refractivity contribution in [1.29, 1.82) is 0 Å². The summed E-state index contributed by atoms with van der Waals surface area (Å²) in [5, 5.41) is 0. The predicted octanol–water partition coefficient (Wildman–Crippen LogP) is 1.34. The standard InChI is InChI=1S/C3H9BrOSi/c1-6(2)5-3-4/h6H,3H2,1-2H3. The van der Waals surface area contributed by atoms with Crippen LogP contribution in [-0.4, -0.2) is 14.6 Å². The van der Waals surface area contributed by atoms with Gasteiger partial charge in [-0.2, -0.15) is 0 Å². The lowest BCUT2D eigenvalue weighted by Crippen LogP contribution is -2.04. The second-order valence-electron chi connectivity index (χ2n) is 1.32. The molecule has 0 unspecified atom stereocenters. The Bertz CT molecular complexity index is 32.0. The largest absolute Gasteiger partial charge is 0.411 e. The first-order valence-corrected chi connectivity index (χ1v) is 5.85. The maximum Gasteiger partial charge on any atom is 0.172 e. The minimum absolute atomic E-state index is 0.705. The predicted molar refractivity (Wildman–Crippen MR) is 33.8 cm³/mol. The Morgan fingerprint density at radius 2 is 2.17 bits per heavy atom. The Morgan fingerprint density at radius 3 is 2.17 bits per heavy atom. The van der Waals surface area contributed by atoms with Crippen LogP contribution in [0.15, 0.2) is 0 Å². The smallest absolute Gasteiger partial charge is 0.172 e. The van der Waals surface area contributed by atoms with Gasteiger partial charge in [0, 0.05) is 0 Å². The molecule has 0 spiro atoms. The molecule has 0 aliphatic rings. The Balaban J connectivity index is 2.63. The third-order valence-electron chi connectivity index (χ3n) is 0.396. The van der Waals surface area contributed by atoms with Crippen LogP contribution in [0.1, 0.15) is 0 Å². The molecule has 0 fully saturated rings. The summed E-state index contributed by atoms with van der Waals surface area (Å²) in [5.74, 6) is 0. The van der Waals surface area contributed by atoms with Crippen LogP contribution in [0, 0.1) is 0 Å². The molecule has 0 aromatic heterocycles. The highest BCUT2D eigenvalue weighted by molar-refractivity contribution is 9.09. The summed E-state index contributed by atoms with van der Waals surface area (Å²) in [5.41, 5.74) is 0.705. The Morgan fingerprint density at radius 1 is 1.67 bits per heavy atom. The van der Waals surface area contributed by atoms with Crippen molar-refractivity contribution >= 4 is 25.0 Å². The number of hydrogen-bond acceptors (Lipinski definition) is 1. The first-order valence-electron chi connectivity index (χ1n) is 1.95. The van der Waals surface area contributed by atoms with Gasteiger partial charge in [-0.15, -0.1) is 0 Å². The molecule has 0 N–H and O–H groups in total. The summed E-state index contributed by atoms with van der Waals surface area (Å²) in [6.45, 7) is 4.28. The van der Waals surface area contributed by atoms with E-state index in [-0.39, 0.29) is 0 Å². The third kappa shape index (κ3) is 4.66. The molecule has 0 saturated carbocycles. The van der Waals surface area contributed by atoms with Gasteiger partial charge < -0.3 is 4.43 Å². The fraction of sp³-hybridized carbons (Fsp3) is 1.00. The van der Waals surface area contributed by atoms with Crippen molar-refractivity contribution in [2.24, 2.45) is 0 Å². The molecule has 0 heterocycles. The van der Waals surface area contributed by atoms with E-state index in [9.17, 15) is 0 Å². The summed E-state index contributed by atoms with van der Waals surface area (Å²) >= 11 is 3.16. The van der Waals surface area contributed by atoms with Gasteiger partial charge in [0.25, 0.3) is 0 Å². The van der Waals surface area contributed by atoms with E-state index in [1.54, 1.807) is 0 Å². The number of rotatable bonds is 2. The minimum atomic E-state index is -0.717. The lowest BCUT2D eigenvalue weighted by Gasteiger charge is -1.97. The Hall–Kier alpha value is 0.657. The second kappa shape index (κ2) is 3.83. The zero-order chi connectivity index (χ0) is 4.99. The monoisotopic (exact) mass is 168 g/mol. The van der Waals surface area contributed by atoms with Crippen molar-refractivity contribution in [2.75, 3.05) is 5.52 Å². The van der Waals surface area contributed by atoms with Crippen LogP contribution >= 0.6 is 15.9 Å². The van der Waals surface area contributed by atoms with Crippen molar-refractivity contribution < 1.29 is 4.43 Å². The van der Waals surface area contributed by atoms with E-state index < -0.39 is 9.04 Å². The first-order chi connectivity index (χ1) is 2.77. The molecule has 0 bridgehead atoms. The lowest BCUT2D eigenvalue weighted by molar-refractivity contribution is 0.412. The van der Waals surface area contributed by atoms with Gasteiger partial charge in [-0.3, -0.25) is 0 Å². The van der Waals surface area contributed by atoms with Gasteiger partial charge in [-0.25, -0.2) is 0 Å². The van der Waals surface area contributed by atoms with Crippen LogP contribution in [-0.2, 0) is 4.43 Å². The maximum absolute atomic E-state index is 5.10. The van der Waals surface area contributed by atoms with Crippen molar-refractivity contribution in [1.82, 2.24) is 0 Å². The SMILES string of the molecule is C[SiH](C)OCBr. The number of halogens is 1. The fourth-order valence-corrected chi connectivity index (χ4v) is 1.96. The van der Waals surface area contributed by atoms with Crippen molar-refractivity contribution in [3.63, 3.8) is 0 Å². The highest BCUT2D eigenvalue weighted by Crippen LogP contribution is 1.86. The van der Waals surface area contributed by atoms with Gasteiger partial charge in [0.1, 0.15) is 0 Å². The highest BCUT2D eigenvalue weighted by atomic mass is 79.9. The van der Waals surface area contributed by atoms with E-state index in [1.807, 2.05) is 0 Å². The number of alkyl halides is 1. The summed E-state index contributed by atoms with van der Waals surface area (Å²) in [6, 6.07) is 0. The van der Waals surface area contributed by atoms with E-state index >= 15 is 0 Å². The molecule has 0 rings (SSSR count). The third-order valence-corrected chi connectivity index (χ3v) is 1.98. The van der Waals surface area contributed by atoms with E-state index in [1.165, 1.54) is 0 Å². The molecule has 38 valence electrons. The zero-order valence-electron chi connectivity index (χ0n) is 4.07. The van der Waals surface area contributed by atoms with Crippen LogP contribution in [0.2, 0.25) is 13.1 Å². The highest BCUT2D eigenvalue weighted by Gasteiger charge is 1.88. The van der Waals surface area contributed by atoms with Gasteiger partial charge in [-0.1, -0.05) is 15.9 Å². The molecule has 1 nitrogen and oxygen atoms in total. The zero-order valence-corrected chi connectivity index (χ0v) is 6.81. The molecular formula is C3H9BrOSi.